The Balaban J connectivity index is 3.04. The summed E-state index contributed by atoms with van der Waals surface area (Å²) in [5, 5.41) is 9.08. The molecule has 0 saturated carbocycles. The number of aryl methyl sites for hydroxylation is 1. The van der Waals surface area contributed by atoms with Crippen LogP contribution in [0.4, 0.5) is 0 Å². The molecule has 0 fully saturated rings. The van der Waals surface area contributed by atoms with E-state index in [0.717, 1.165) is 15.9 Å². The number of aromatic nitrogens is 2. The number of hydrogen-bond acceptors (Lipinski definition) is 4. The Hall–Kier alpha value is -1.89. The minimum atomic E-state index is -1.10. The molecule has 2 heterocycles. The van der Waals surface area contributed by atoms with E-state index in [1.54, 1.807) is 0 Å². The SMILES string of the molecule is Cn1c(=O)c2cc(C(=O)O)sc2n(C)c1=O. The predicted octanol–water partition coefficient (Wildman–Crippen LogP) is -0.00310. The molecule has 0 unspecified atom stereocenters. The van der Waals surface area contributed by atoms with E-state index in [1.807, 2.05) is 0 Å². The zero-order valence-corrected chi connectivity index (χ0v) is 9.37. The Morgan fingerprint density at radius 2 is 1.94 bits per heavy atom. The van der Waals surface area contributed by atoms with E-state index in [4.69, 9.17) is 5.11 Å². The van der Waals surface area contributed by atoms with Crippen LogP contribution >= 0.6 is 11.3 Å². The van der Waals surface area contributed by atoms with Crippen molar-refractivity contribution in [3.63, 3.8) is 0 Å². The average molecular weight is 240 g/mol. The molecule has 0 bridgehead atoms. The lowest BCUT2D eigenvalue weighted by Crippen LogP contribution is -2.36. The number of rotatable bonds is 1. The van der Waals surface area contributed by atoms with Crippen molar-refractivity contribution < 1.29 is 9.90 Å². The van der Waals surface area contributed by atoms with Crippen molar-refractivity contribution in [1.82, 2.24) is 9.13 Å². The second-order valence-electron chi connectivity index (χ2n) is 3.34. The Morgan fingerprint density at radius 3 is 2.50 bits per heavy atom. The molecular weight excluding hydrogens is 232 g/mol. The maximum atomic E-state index is 11.7. The summed E-state index contributed by atoms with van der Waals surface area (Å²) >= 11 is 0.919. The van der Waals surface area contributed by atoms with E-state index < -0.39 is 17.2 Å². The van der Waals surface area contributed by atoms with Gasteiger partial charge in [-0.05, 0) is 6.07 Å². The fourth-order valence-electron chi connectivity index (χ4n) is 1.47. The van der Waals surface area contributed by atoms with E-state index >= 15 is 0 Å². The second kappa shape index (κ2) is 3.31. The van der Waals surface area contributed by atoms with Crippen molar-refractivity contribution in [2.45, 2.75) is 0 Å². The number of nitrogens with zero attached hydrogens (tertiary/aromatic N) is 2. The minimum Gasteiger partial charge on any atom is -0.477 e. The van der Waals surface area contributed by atoms with Crippen LogP contribution in [-0.4, -0.2) is 20.2 Å². The van der Waals surface area contributed by atoms with Crippen LogP contribution in [0.5, 0.6) is 0 Å². The zero-order valence-electron chi connectivity index (χ0n) is 8.55. The number of hydrogen-bond donors (Lipinski definition) is 1. The Kier molecular flexibility index (Phi) is 2.20. The number of fused-ring (bicyclic) bond motifs is 1. The molecule has 0 aliphatic carbocycles. The predicted molar refractivity (Wildman–Crippen MR) is 59.3 cm³/mol. The Morgan fingerprint density at radius 1 is 1.31 bits per heavy atom. The largest absolute Gasteiger partial charge is 0.477 e. The van der Waals surface area contributed by atoms with Gasteiger partial charge >= 0.3 is 11.7 Å². The maximum Gasteiger partial charge on any atom is 0.345 e. The molecule has 16 heavy (non-hydrogen) atoms. The first-order valence-electron chi connectivity index (χ1n) is 4.36. The fourth-order valence-corrected chi connectivity index (χ4v) is 2.41. The van der Waals surface area contributed by atoms with Gasteiger partial charge in [0.15, 0.2) is 0 Å². The second-order valence-corrected chi connectivity index (χ2v) is 4.37. The van der Waals surface area contributed by atoms with Crippen LogP contribution in [-0.2, 0) is 14.1 Å². The van der Waals surface area contributed by atoms with Gasteiger partial charge in [-0.2, -0.15) is 0 Å². The van der Waals surface area contributed by atoms with Gasteiger partial charge in [-0.1, -0.05) is 0 Å². The van der Waals surface area contributed by atoms with Gasteiger partial charge in [0, 0.05) is 14.1 Å². The van der Waals surface area contributed by atoms with Crippen LogP contribution in [0, 0.1) is 0 Å². The highest BCUT2D eigenvalue weighted by atomic mass is 32.1. The Labute approximate surface area is 93.0 Å². The van der Waals surface area contributed by atoms with Gasteiger partial charge in [0.1, 0.15) is 9.71 Å². The van der Waals surface area contributed by atoms with Gasteiger partial charge < -0.3 is 5.11 Å². The summed E-state index contributed by atoms with van der Waals surface area (Å²) in [6.45, 7) is 0. The summed E-state index contributed by atoms with van der Waals surface area (Å²) < 4.78 is 2.23. The van der Waals surface area contributed by atoms with Gasteiger partial charge in [0.2, 0.25) is 0 Å². The van der Waals surface area contributed by atoms with Gasteiger partial charge in [-0.15, -0.1) is 11.3 Å². The number of carbonyl (C=O) groups is 1. The Bertz CT molecular complexity index is 707. The monoisotopic (exact) mass is 240 g/mol. The van der Waals surface area contributed by atoms with Gasteiger partial charge in [0.05, 0.1) is 5.39 Å². The summed E-state index contributed by atoms with van der Waals surface area (Å²) in [4.78, 5) is 34.5. The third-order valence-electron chi connectivity index (χ3n) is 2.34. The third kappa shape index (κ3) is 1.28. The lowest BCUT2D eigenvalue weighted by atomic mass is 10.3. The van der Waals surface area contributed by atoms with E-state index in [2.05, 4.69) is 0 Å². The molecule has 0 spiro atoms. The van der Waals surface area contributed by atoms with Crippen LogP contribution < -0.4 is 11.2 Å². The standard InChI is InChI=1S/C9H8N2O4S/c1-10-6(12)4-3-5(8(13)14)16-7(4)11(2)9(10)15/h3H,1-2H3,(H,13,14). The molecule has 0 aliphatic heterocycles. The third-order valence-corrected chi connectivity index (χ3v) is 3.54. The van der Waals surface area contributed by atoms with Crippen LogP contribution in [0.25, 0.3) is 10.2 Å². The molecule has 0 amide bonds. The average Bonchev–Trinajstić information content (AvgIpc) is 2.68. The van der Waals surface area contributed by atoms with Crippen LogP contribution in [0.3, 0.4) is 0 Å². The van der Waals surface area contributed by atoms with E-state index in [0.29, 0.717) is 4.83 Å². The van der Waals surface area contributed by atoms with Crippen molar-refractivity contribution in [3.8, 4) is 0 Å². The van der Waals surface area contributed by atoms with Gasteiger partial charge in [-0.25, -0.2) is 9.59 Å². The molecule has 0 atom stereocenters. The van der Waals surface area contributed by atoms with Crippen LogP contribution in [0.15, 0.2) is 15.7 Å². The van der Waals surface area contributed by atoms with E-state index in [9.17, 15) is 14.4 Å². The molecule has 7 heteroatoms. The molecule has 2 aromatic heterocycles. The number of aromatic carboxylic acids is 1. The quantitative estimate of drug-likeness (QED) is 0.760. The summed E-state index contributed by atoms with van der Waals surface area (Å²) in [5.41, 5.74) is -0.932. The van der Waals surface area contributed by atoms with E-state index in [1.165, 1.54) is 24.7 Å². The lowest BCUT2D eigenvalue weighted by molar-refractivity contribution is 0.0702. The number of carboxylic acids is 1. The summed E-state index contributed by atoms with van der Waals surface area (Å²) in [6.07, 6.45) is 0. The van der Waals surface area contributed by atoms with Crippen molar-refractivity contribution in [2.24, 2.45) is 14.1 Å². The summed E-state index contributed by atoms with van der Waals surface area (Å²) in [7, 11) is 2.87. The fraction of sp³-hybridized carbons (Fsp3) is 0.222. The first-order chi connectivity index (χ1) is 7.43. The minimum absolute atomic E-state index is 0.0494. The highest BCUT2D eigenvalue weighted by molar-refractivity contribution is 7.20. The van der Waals surface area contributed by atoms with Crippen molar-refractivity contribution >= 4 is 27.5 Å². The first-order valence-corrected chi connectivity index (χ1v) is 5.18. The molecule has 0 saturated heterocycles. The summed E-state index contributed by atoms with van der Waals surface area (Å²) in [5.74, 6) is -1.10. The first kappa shape index (κ1) is 10.6. The molecule has 2 aromatic rings. The van der Waals surface area contributed by atoms with Crippen molar-refractivity contribution in [2.75, 3.05) is 0 Å². The lowest BCUT2D eigenvalue weighted by Gasteiger charge is -2.01. The molecule has 6 nitrogen and oxygen atoms in total. The van der Waals surface area contributed by atoms with Crippen LogP contribution in [0.2, 0.25) is 0 Å². The van der Waals surface area contributed by atoms with Crippen LogP contribution in [0.1, 0.15) is 9.67 Å². The molecule has 0 aliphatic rings. The van der Waals surface area contributed by atoms with Crippen molar-refractivity contribution in [1.29, 1.82) is 0 Å². The highest BCUT2D eigenvalue weighted by Gasteiger charge is 2.15. The smallest absolute Gasteiger partial charge is 0.345 e. The molecule has 1 N–H and O–H groups in total. The van der Waals surface area contributed by atoms with Gasteiger partial charge in [-0.3, -0.25) is 13.9 Å². The molecule has 2 rings (SSSR count). The topological polar surface area (TPSA) is 81.3 Å². The van der Waals surface area contributed by atoms with E-state index in [-0.39, 0.29) is 10.3 Å². The number of thiophene rings is 1. The van der Waals surface area contributed by atoms with Crippen molar-refractivity contribution in [3.05, 3.63) is 31.8 Å². The summed E-state index contributed by atoms with van der Waals surface area (Å²) in [6, 6.07) is 1.30. The molecule has 0 radical (unpaired) electrons. The molecular formula is C9H8N2O4S. The number of carboxylic acid groups (broad SMARTS) is 1. The molecule has 0 aromatic carbocycles. The maximum absolute atomic E-state index is 11.7. The zero-order chi connectivity index (χ0) is 12.0. The van der Waals surface area contributed by atoms with Gasteiger partial charge in [0.25, 0.3) is 5.56 Å². The molecule has 84 valence electrons. The highest BCUT2D eigenvalue weighted by Crippen LogP contribution is 2.21. The normalized spacial score (nSPS) is 10.9.